The molecule has 4 nitrogen and oxygen atoms in total. The van der Waals surface area contributed by atoms with Gasteiger partial charge in [0.15, 0.2) is 0 Å². The van der Waals surface area contributed by atoms with Crippen molar-refractivity contribution < 1.29 is 9.53 Å². The SMILES string of the molecule is Cc1ccc(C(C)(C)CN(C)C(=O)C(N)C2CCOCC2)cc1.Cl. The number of ether oxygens (including phenoxy) is 1. The summed E-state index contributed by atoms with van der Waals surface area (Å²) in [5.74, 6) is 0.276. The highest BCUT2D eigenvalue weighted by atomic mass is 35.5. The smallest absolute Gasteiger partial charge is 0.239 e. The van der Waals surface area contributed by atoms with E-state index < -0.39 is 6.04 Å². The maximum absolute atomic E-state index is 12.7. The molecule has 0 radical (unpaired) electrons. The predicted octanol–water partition coefficient (Wildman–Crippen LogP) is 2.91. The number of halogens is 1. The highest BCUT2D eigenvalue weighted by molar-refractivity contribution is 5.85. The molecule has 0 bridgehead atoms. The van der Waals surface area contributed by atoms with E-state index in [0.29, 0.717) is 19.8 Å². The fourth-order valence-corrected chi connectivity index (χ4v) is 3.30. The van der Waals surface area contributed by atoms with Crippen LogP contribution < -0.4 is 5.73 Å². The molecule has 1 heterocycles. The quantitative estimate of drug-likeness (QED) is 0.884. The lowest BCUT2D eigenvalue weighted by Crippen LogP contribution is -2.50. The number of aryl methyl sites for hydroxylation is 1. The number of hydrogen-bond donors (Lipinski definition) is 1. The van der Waals surface area contributed by atoms with Crippen LogP contribution in [0.2, 0.25) is 0 Å². The van der Waals surface area contributed by atoms with Crippen LogP contribution in [0.5, 0.6) is 0 Å². The molecule has 1 amide bonds. The summed E-state index contributed by atoms with van der Waals surface area (Å²) in [6.45, 7) is 8.50. The van der Waals surface area contributed by atoms with Crippen molar-refractivity contribution in [2.24, 2.45) is 11.7 Å². The van der Waals surface area contributed by atoms with Gasteiger partial charge in [0.1, 0.15) is 0 Å². The van der Waals surface area contributed by atoms with Crippen LogP contribution in [0.1, 0.15) is 37.8 Å². The van der Waals surface area contributed by atoms with Gasteiger partial charge in [0.2, 0.25) is 5.91 Å². The molecule has 2 rings (SSSR count). The third-order valence-corrected chi connectivity index (χ3v) is 4.90. The third-order valence-electron chi connectivity index (χ3n) is 4.90. The lowest BCUT2D eigenvalue weighted by Gasteiger charge is -2.34. The summed E-state index contributed by atoms with van der Waals surface area (Å²) in [7, 11) is 1.86. The van der Waals surface area contributed by atoms with Gasteiger partial charge < -0.3 is 15.4 Å². The number of amides is 1. The van der Waals surface area contributed by atoms with Crippen LogP contribution in [-0.2, 0) is 14.9 Å². The Hall–Kier alpha value is -1.10. The van der Waals surface area contributed by atoms with Crippen LogP contribution in [0.15, 0.2) is 24.3 Å². The minimum atomic E-state index is -0.419. The maximum Gasteiger partial charge on any atom is 0.239 e. The van der Waals surface area contributed by atoms with Gasteiger partial charge in [-0.1, -0.05) is 43.7 Å². The third kappa shape index (κ3) is 5.20. The number of carbonyl (C=O) groups excluding carboxylic acids is 1. The molecule has 1 unspecified atom stereocenters. The maximum atomic E-state index is 12.7. The zero-order valence-electron chi connectivity index (χ0n) is 15.2. The lowest BCUT2D eigenvalue weighted by atomic mass is 9.83. The van der Waals surface area contributed by atoms with Gasteiger partial charge in [0, 0.05) is 32.2 Å². The first-order valence-electron chi connectivity index (χ1n) is 8.47. The number of rotatable bonds is 5. The molecular weight excluding hydrogens is 324 g/mol. The Morgan fingerprint density at radius 3 is 2.38 bits per heavy atom. The summed E-state index contributed by atoms with van der Waals surface area (Å²) in [6, 6.07) is 8.11. The Kier molecular flexibility index (Phi) is 7.71. The first-order valence-corrected chi connectivity index (χ1v) is 8.47. The number of likely N-dealkylation sites (N-methyl/N-ethyl adjacent to an activating group) is 1. The summed E-state index contributed by atoms with van der Waals surface area (Å²) in [4.78, 5) is 14.5. The molecule has 2 N–H and O–H groups in total. The first kappa shape index (κ1) is 20.9. The van der Waals surface area contributed by atoms with Crippen LogP contribution in [0, 0.1) is 12.8 Å². The van der Waals surface area contributed by atoms with Crippen molar-refractivity contribution >= 4 is 18.3 Å². The van der Waals surface area contributed by atoms with Crippen molar-refractivity contribution in [1.82, 2.24) is 4.90 Å². The second-order valence-electron chi connectivity index (χ2n) is 7.42. The van der Waals surface area contributed by atoms with Crippen molar-refractivity contribution in [2.75, 3.05) is 26.8 Å². The fraction of sp³-hybridized carbons (Fsp3) is 0.632. The molecule has 5 heteroatoms. The van der Waals surface area contributed by atoms with E-state index in [0.717, 1.165) is 12.8 Å². The van der Waals surface area contributed by atoms with Gasteiger partial charge in [-0.2, -0.15) is 0 Å². The Balaban J connectivity index is 0.00000288. The number of hydrogen-bond acceptors (Lipinski definition) is 3. The molecule has 0 spiro atoms. The topological polar surface area (TPSA) is 55.6 Å². The van der Waals surface area contributed by atoms with E-state index in [2.05, 4.69) is 45.0 Å². The Morgan fingerprint density at radius 2 is 1.83 bits per heavy atom. The molecule has 24 heavy (non-hydrogen) atoms. The molecule has 1 aromatic rings. The van der Waals surface area contributed by atoms with Crippen molar-refractivity contribution in [3.8, 4) is 0 Å². The molecule has 1 atom stereocenters. The molecule has 1 saturated heterocycles. The standard InChI is InChI=1S/C19H30N2O2.ClH/c1-14-5-7-16(8-6-14)19(2,3)13-21(4)18(22)17(20)15-9-11-23-12-10-15;/h5-8,15,17H,9-13,20H2,1-4H3;1H. The van der Waals surface area contributed by atoms with Gasteiger partial charge in [0.25, 0.3) is 0 Å². The number of carbonyl (C=O) groups is 1. The van der Waals surface area contributed by atoms with E-state index in [1.807, 2.05) is 7.05 Å². The Morgan fingerprint density at radius 1 is 1.29 bits per heavy atom. The Labute approximate surface area is 152 Å². The highest BCUT2D eigenvalue weighted by Crippen LogP contribution is 2.25. The van der Waals surface area contributed by atoms with E-state index in [1.54, 1.807) is 4.90 Å². The number of benzene rings is 1. The summed E-state index contributed by atoms with van der Waals surface area (Å²) < 4.78 is 5.36. The number of nitrogens with zero attached hydrogens (tertiary/aromatic N) is 1. The average molecular weight is 355 g/mol. The normalized spacial score (nSPS) is 17.0. The Bertz CT molecular complexity index is 525. The van der Waals surface area contributed by atoms with Crippen molar-refractivity contribution in [3.05, 3.63) is 35.4 Å². The predicted molar refractivity (Wildman–Crippen MR) is 101 cm³/mol. The largest absolute Gasteiger partial charge is 0.381 e. The highest BCUT2D eigenvalue weighted by Gasteiger charge is 2.31. The van der Waals surface area contributed by atoms with Crippen LogP contribution in [0.3, 0.4) is 0 Å². The monoisotopic (exact) mass is 354 g/mol. The lowest BCUT2D eigenvalue weighted by molar-refractivity contribution is -0.134. The fourth-order valence-electron chi connectivity index (χ4n) is 3.30. The summed E-state index contributed by atoms with van der Waals surface area (Å²) in [6.07, 6.45) is 1.75. The molecular formula is C19H31ClN2O2. The molecule has 1 aromatic carbocycles. The average Bonchev–Trinajstić information content (AvgIpc) is 2.54. The van der Waals surface area contributed by atoms with E-state index in [-0.39, 0.29) is 29.6 Å². The van der Waals surface area contributed by atoms with E-state index in [1.165, 1.54) is 11.1 Å². The summed E-state index contributed by atoms with van der Waals surface area (Å²) >= 11 is 0. The second kappa shape index (κ2) is 8.84. The van der Waals surface area contributed by atoms with Crippen molar-refractivity contribution in [2.45, 2.75) is 45.1 Å². The number of nitrogens with two attached hydrogens (primary N) is 1. The minimum absolute atomic E-state index is 0. The van der Waals surface area contributed by atoms with Crippen molar-refractivity contribution in [1.29, 1.82) is 0 Å². The van der Waals surface area contributed by atoms with Crippen LogP contribution in [0.4, 0.5) is 0 Å². The van der Waals surface area contributed by atoms with Crippen LogP contribution in [0.25, 0.3) is 0 Å². The molecule has 1 aliphatic heterocycles. The molecule has 1 fully saturated rings. The van der Waals surface area contributed by atoms with E-state index >= 15 is 0 Å². The zero-order valence-corrected chi connectivity index (χ0v) is 16.1. The van der Waals surface area contributed by atoms with Crippen LogP contribution >= 0.6 is 12.4 Å². The summed E-state index contributed by atoms with van der Waals surface area (Å²) in [5.41, 5.74) is 8.60. The molecule has 0 saturated carbocycles. The first-order chi connectivity index (χ1) is 10.8. The zero-order chi connectivity index (χ0) is 17.0. The molecule has 0 aliphatic carbocycles. The van der Waals surface area contributed by atoms with Gasteiger partial charge in [-0.15, -0.1) is 12.4 Å². The minimum Gasteiger partial charge on any atom is -0.381 e. The molecule has 136 valence electrons. The van der Waals surface area contributed by atoms with E-state index in [9.17, 15) is 4.79 Å². The van der Waals surface area contributed by atoms with Gasteiger partial charge in [-0.05, 0) is 31.2 Å². The molecule has 0 aromatic heterocycles. The van der Waals surface area contributed by atoms with E-state index in [4.69, 9.17) is 10.5 Å². The van der Waals surface area contributed by atoms with Gasteiger partial charge in [-0.3, -0.25) is 4.79 Å². The van der Waals surface area contributed by atoms with Crippen molar-refractivity contribution in [3.63, 3.8) is 0 Å². The van der Waals surface area contributed by atoms with Gasteiger partial charge >= 0.3 is 0 Å². The molecule has 1 aliphatic rings. The van der Waals surface area contributed by atoms with Gasteiger partial charge in [-0.25, -0.2) is 0 Å². The summed E-state index contributed by atoms with van der Waals surface area (Å²) in [5, 5.41) is 0. The second-order valence-corrected chi connectivity index (χ2v) is 7.42. The van der Waals surface area contributed by atoms with Crippen LogP contribution in [-0.4, -0.2) is 43.7 Å². The van der Waals surface area contributed by atoms with Gasteiger partial charge in [0.05, 0.1) is 6.04 Å².